The zero-order valence-electron chi connectivity index (χ0n) is 9.23. The van der Waals surface area contributed by atoms with E-state index >= 15 is 0 Å². The van der Waals surface area contributed by atoms with Crippen LogP contribution in [0.15, 0.2) is 18.3 Å². The number of carbonyl (C=O) groups excluding carboxylic acids is 1. The molecule has 0 aliphatic heterocycles. The summed E-state index contributed by atoms with van der Waals surface area (Å²) < 4.78 is 0. The Hall–Kier alpha value is -1.62. The zero-order chi connectivity index (χ0) is 11.5. The molecule has 0 spiro atoms. The fourth-order valence-corrected chi connectivity index (χ4v) is 1.70. The van der Waals surface area contributed by atoms with Crippen molar-refractivity contribution in [2.24, 2.45) is 11.8 Å². The lowest BCUT2D eigenvalue weighted by Gasteiger charge is -2.14. The standard InChI is InChI=1S/C11H16N4O/c1-7(8-4-5-8)14-11(16)9-3-2-6-13-10(9)15-12/h2-3,6-8H,4-5,12H2,1H3,(H,13,15)(H,14,16). The molecule has 1 aliphatic carbocycles. The molecule has 0 saturated heterocycles. The maximum atomic E-state index is 11.9. The molecule has 1 aromatic rings. The van der Waals surface area contributed by atoms with Gasteiger partial charge in [-0.25, -0.2) is 10.8 Å². The van der Waals surface area contributed by atoms with E-state index in [1.54, 1.807) is 18.3 Å². The van der Waals surface area contributed by atoms with E-state index in [2.05, 4.69) is 15.7 Å². The zero-order valence-corrected chi connectivity index (χ0v) is 9.23. The summed E-state index contributed by atoms with van der Waals surface area (Å²) in [4.78, 5) is 15.9. The van der Waals surface area contributed by atoms with Crippen molar-refractivity contribution in [1.82, 2.24) is 10.3 Å². The third kappa shape index (κ3) is 2.30. The third-order valence-corrected chi connectivity index (χ3v) is 2.88. The van der Waals surface area contributed by atoms with Crippen LogP contribution in [0.1, 0.15) is 30.1 Å². The number of hydrogen-bond acceptors (Lipinski definition) is 4. The quantitative estimate of drug-likeness (QED) is 0.520. The Balaban J connectivity index is 2.07. The van der Waals surface area contributed by atoms with Gasteiger partial charge in [0.15, 0.2) is 5.82 Å². The van der Waals surface area contributed by atoms with Crippen molar-refractivity contribution in [3.05, 3.63) is 23.9 Å². The van der Waals surface area contributed by atoms with Gasteiger partial charge < -0.3 is 10.7 Å². The number of amides is 1. The van der Waals surface area contributed by atoms with Crippen LogP contribution in [0, 0.1) is 5.92 Å². The molecule has 86 valence electrons. The van der Waals surface area contributed by atoms with Crippen molar-refractivity contribution in [2.45, 2.75) is 25.8 Å². The van der Waals surface area contributed by atoms with E-state index in [9.17, 15) is 4.79 Å². The van der Waals surface area contributed by atoms with Crippen LogP contribution in [0.25, 0.3) is 0 Å². The van der Waals surface area contributed by atoms with Crippen LogP contribution in [0.4, 0.5) is 5.82 Å². The van der Waals surface area contributed by atoms with Crippen LogP contribution in [0.3, 0.4) is 0 Å². The third-order valence-electron chi connectivity index (χ3n) is 2.88. The first-order valence-electron chi connectivity index (χ1n) is 5.45. The number of nitrogens with one attached hydrogen (secondary N) is 2. The first-order chi connectivity index (χ1) is 7.72. The molecule has 0 aromatic carbocycles. The van der Waals surface area contributed by atoms with E-state index in [0.717, 1.165) is 0 Å². The minimum Gasteiger partial charge on any atom is -0.349 e. The van der Waals surface area contributed by atoms with Gasteiger partial charge in [0, 0.05) is 12.2 Å². The minimum atomic E-state index is -0.125. The molecule has 5 nitrogen and oxygen atoms in total. The average Bonchev–Trinajstić information content (AvgIpc) is 3.12. The highest BCUT2D eigenvalue weighted by Gasteiger charge is 2.29. The Kier molecular flexibility index (Phi) is 3.05. The van der Waals surface area contributed by atoms with Gasteiger partial charge in [0.1, 0.15) is 0 Å². The van der Waals surface area contributed by atoms with Crippen LogP contribution in [-0.4, -0.2) is 16.9 Å². The number of anilines is 1. The van der Waals surface area contributed by atoms with Gasteiger partial charge >= 0.3 is 0 Å². The number of pyridine rings is 1. The molecule has 1 aliphatic rings. The van der Waals surface area contributed by atoms with Crippen LogP contribution in [0.5, 0.6) is 0 Å². The normalized spacial score (nSPS) is 16.6. The van der Waals surface area contributed by atoms with Gasteiger partial charge in [-0.05, 0) is 37.8 Å². The van der Waals surface area contributed by atoms with Crippen LogP contribution >= 0.6 is 0 Å². The number of nitrogens with zero attached hydrogens (tertiary/aromatic N) is 1. The maximum absolute atomic E-state index is 11.9. The Morgan fingerprint density at radius 2 is 2.38 bits per heavy atom. The highest BCUT2D eigenvalue weighted by atomic mass is 16.1. The molecule has 0 radical (unpaired) electrons. The molecule has 1 fully saturated rings. The fourth-order valence-electron chi connectivity index (χ4n) is 1.70. The molecule has 1 amide bonds. The van der Waals surface area contributed by atoms with Gasteiger partial charge in [0.25, 0.3) is 5.91 Å². The number of aromatic nitrogens is 1. The summed E-state index contributed by atoms with van der Waals surface area (Å²) in [7, 11) is 0. The first-order valence-corrected chi connectivity index (χ1v) is 5.45. The van der Waals surface area contributed by atoms with E-state index in [1.807, 2.05) is 6.92 Å². The average molecular weight is 220 g/mol. The van der Waals surface area contributed by atoms with Gasteiger partial charge in [-0.1, -0.05) is 0 Å². The summed E-state index contributed by atoms with van der Waals surface area (Å²) in [6, 6.07) is 3.65. The number of hydrogen-bond donors (Lipinski definition) is 3. The summed E-state index contributed by atoms with van der Waals surface area (Å²) in [6.07, 6.45) is 4.00. The molecular formula is C11H16N4O. The molecular weight excluding hydrogens is 204 g/mol. The number of carbonyl (C=O) groups is 1. The molecule has 1 aromatic heterocycles. The molecule has 1 atom stereocenters. The van der Waals surface area contributed by atoms with Gasteiger partial charge in [-0.15, -0.1) is 0 Å². The Labute approximate surface area is 94.4 Å². The van der Waals surface area contributed by atoms with Crippen molar-refractivity contribution < 1.29 is 4.79 Å². The monoisotopic (exact) mass is 220 g/mol. The predicted octanol–water partition coefficient (Wildman–Crippen LogP) is 0.895. The van der Waals surface area contributed by atoms with E-state index < -0.39 is 0 Å². The van der Waals surface area contributed by atoms with E-state index in [0.29, 0.717) is 17.3 Å². The second-order valence-corrected chi connectivity index (χ2v) is 4.14. The van der Waals surface area contributed by atoms with Crippen molar-refractivity contribution in [3.8, 4) is 0 Å². The Morgan fingerprint density at radius 3 is 3.00 bits per heavy atom. The number of nitrogens with two attached hydrogens (primary N) is 1. The highest BCUT2D eigenvalue weighted by molar-refractivity contribution is 5.98. The predicted molar refractivity (Wildman–Crippen MR) is 61.7 cm³/mol. The molecule has 4 N–H and O–H groups in total. The molecule has 1 unspecified atom stereocenters. The SMILES string of the molecule is CC(NC(=O)c1cccnc1NN)C1CC1. The van der Waals surface area contributed by atoms with Gasteiger partial charge in [-0.3, -0.25) is 4.79 Å². The second-order valence-electron chi connectivity index (χ2n) is 4.14. The number of rotatable bonds is 4. The van der Waals surface area contributed by atoms with Crippen molar-refractivity contribution in [3.63, 3.8) is 0 Å². The highest BCUT2D eigenvalue weighted by Crippen LogP contribution is 2.32. The lowest BCUT2D eigenvalue weighted by Crippen LogP contribution is -2.34. The van der Waals surface area contributed by atoms with Crippen LogP contribution < -0.4 is 16.6 Å². The van der Waals surface area contributed by atoms with E-state index in [1.165, 1.54) is 12.8 Å². The number of nitrogen functional groups attached to an aromatic ring is 1. The lowest BCUT2D eigenvalue weighted by atomic mass is 10.2. The topological polar surface area (TPSA) is 80.0 Å². The molecule has 16 heavy (non-hydrogen) atoms. The molecule has 0 bridgehead atoms. The first kappa shape index (κ1) is 10.9. The van der Waals surface area contributed by atoms with Crippen LogP contribution in [0.2, 0.25) is 0 Å². The van der Waals surface area contributed by atoms with E-state index in [4.69, 9.17) is 5.84 Å². The molecule has 1 saturated carbocycles. The van der Waals surface area contributed by atoms with Crippen molar-refractivity contribution in [2.75, 3.05) is 5.43 Å². The van der Waals surface area contributed by atoms with Crippen LogP contribution in [-0.2, 0) is 0 Å². The lowest BCUT2D eigenvalue weighted by molar-refractivity contribution is 0.0936. The fraction of sp³-hybridized carbons (Fsp3) is 0.455. The smallest absolute Gasteiger partial charge is 0.255 e. The second kappa shape index (κ2) is 4.49. The Morgan fingerprint density at radius 1 is 1.62 bits per heavy atom. The summed E-state index contributed by atoms with van der Waals surface area (Å²) in [5, 5.41) is 2.96. The van der Waals surface area contributed by atoms with Crippen molar-refractivity contribution >= 4 is 11.7 Å². The number of hydrazine groups is 1. The van der Waals surface area contributed by atoms with Crippen molar-refractivity contribution in [1.29, 1.82) is 0 Å². The van der Waals surface area contributed by atoms with Gasteiger partial charge in [-0.2, -0.15) is 0 Å². The van der Waals surface area contributed by atoms with Gasteiger partial charge in [0.2, 0.25) is 0 Å². The Bertz CT molecular complexity index is 389. The summed E-state index contributed by atoms with van der Waals surface area (Å²) >= 11 is 0. The summed E-state index contributed by atoms with van der Waals surface area (Å²) in [5.41, 5.74) is 2.91. The van der Waals surface area contributed by atoms with Gasteiger partial charge in [0.05, 0.1) is 5.56 Å². The molecule has 1 heterocycles. The minimum absolute atomic E-state index is 0.125. The summed E-state index contributed by atoms with van der Waals surface area (Å²) in [6.45, 7) is 2.03. The molecule has 5 heteroatoms. The molecule has 2 rings (SSSR count). The van der Waals surface area contributed by atoms with E-state index in [-0.39, 0.29) is 11.9 Å². The summed E-state index contributed by atoms with van der Waals surface area (Å²) in [5.74, 6) is 6.21. The largest absolute Gasteiger partial charge is 0.349 e. The maximum Gasteiger partial charge on any atom is 0.255 e.